The quantitative estimate of drug-likeness (QED) is 0.907. The van der Waals surface area contributed by atoms with Gasteiger partial charge in [-0.1, -0.05) is 37.3 Å². The molecule has 4 heteroatoms. The molecule has 1 saturated carbocycles. The Labute approximate surface area is 137 Å². The highest BCUT2D eigenvalue weighted by Crippen LogP contribution is 2.59. The molecule has 124 valence electrons. The number of aliphatic carboxylic acids is 1. The predicted octanol–water partition coefficient (Wildman–Crippen LogP) is 3.28. The van der Waals surface area contributed by atoms with Crippen molar-refractivity contribution in [1.29, 1.82) is 0 Å². The summed E-state index contributed by atoms with van der Waals surface area (Å²) in [7, 11) is 0. The third-order valence-corrected chi connectivity index (χ3v) is 5.78. The number of rotatable bonds is 5. The molecule has 1 N–H and O–H groups in total. The van der Waals surface area contributed by atoms with E-state index in [2.05, 4.69) is 19.1 Å². The molecule has 23 heavy (non-hydrogen) atoms. The van der Waals surface area contributed by atoms with Crippen LogP contribution >= 0.6 is 0 Å². The van der Waals surface area contributed by atoms with E-state index in [-0.39, 0.29) is 23.2 Å². The number of carbonyl (C=O) groups excluding carboxylic acids is 1. The summed E-state index contributed by atoms with van der Waals surface area (Å²) in [6, 6.07) is 10.2. The van der Waals surface area contributed by atoms with Gasteiger partial charge in [-0.2, -0.15) is 0 Å². The zero-order valence-corrected chi connectivity index (χ0v) is 13.7. The number of carbonyl (C=O) groups is 2. The number of hydrogen-bond donors (Lipinski definition) is 1. The minimum Gasteiger partial charge on any atom is -0.481 e. The highest BCUT2D eigenvalue weighted by Gasteiger charge is 2.59. The van der Waals surface area contributed by atoms with Crippen LogP contribution < -0.4 is 0 Å². The van der Waals surface area contributed by atoms with Crippen molar-refractivity contribution in [2.24, 2.45) is 11.3 Å². The molecule has 2 unspecified atom stereocenters. The van der Waals surface area contributed by atoms with Crippen LogP contribution in [0.1, 0.15) is 50.5 Å². The SMILES string of the molecule is CCC(CC(=O)N1CCC2(CC1)CC2C(=O)O)c1ccccc1. The second kappa shape index (κ2) is 6.34. The molecule has 3 rings (SSSR count). The van der Waals surface area contributed by atoms with E-state index in [4.69, 9.17) is 5.11 Å². The zero-order valence-electron chi connectivity index (χ0n) is 13.7. The fourth-order valence-corrected chi connectivity index (χ4v) is 4.01. The lowest BCUT2D eigenvalue weighted by Gasteiger charge is -2.33. The van der Waals surface area contributed by atoms with Crippen molar-refractivity contribution < 1.29 is 14.7 Å². The number of amides is 1. The summed E-state index contributed by atoms with van der Waals surface area (Å²) in [5.74, 6) is -0.359. The van der Waals surface area contributed by atoms with Gasteiger partial charge < -0.3 is 10.0 Å². The lowest BCUT2D eigenvalue weighted by Crippen LogP contribution is -2.40. The summed E-state index contributed by atoms with van der Waals surface area (Å²) in [4.78, 5) is 25.6. The smallest absolute Gasteiger partial charge is 0.307 e. The molecule has 2 fully saturated rings. The van der Waals surface area contributed by atoms with E-state index in [9.17, 15) is 9.59 Å². The number of benzene rings is 1. The van der Waals surface area contributed by atoms with Gasteiger partial charge >= 0.3 is 5.97 Å². The molecular formula is C19H25NO3. The van der Waals surface area contributed by atoms with Gasteiger partial charge in [-0.05, 0) is 42.6 Å². The Morgan fingerprint density at radius 2 is 1.91 bits per heavy atom. The summed E-state index contributed by atoms with van der Waals surface area (Å²) in [5, 5.41) is 9.14. The van der Waals surface area contributed by atoms with E-state index in [1.165, 1.54) is 5.56 Å². The normalized spacial score (nSPS) is 23.5. The molecule has 0 aromatic heterocycles. The van der Waals surface area contributed by atoms with Crippen LogP contribution in [0.15, 0.2) is 30.3 Å². The van der Waals surface area contributed by atoms with Crippen LogP contribution in [-0.2, 0) is 9.59 Å². The van der Waals surface area contributed by atoms with Crippen LogP contribution in [0.25, 0.3) is 0 Å². The molecule has 1 saturated heterocycles. The second-order valence-electron chi connectivity index (χ2n) is 7.06. The lowest BCUT2D eigenvalue weighted by atomic mass is 9.89. The molecule has 1 aliphatic carbocycles. The second-order valence-corrected chi connectivity index (χ2v) is 7.06. The standard InChI is InChI=1S/C19H25NO3/c1-2-14(15-6-4-3-5-7-15)12-17(21)20-10-8-19(9-11-20)13-16(19)18(22)23/h3-7,14,16H,2,8-13H2,1H3,(H,22,23). The topological polar surface area (TPSA) is 57.6 Å². The number of likely N-dealkylation sites (tertiary alicyclic amines) is 1. The van der Waals surface area contributed by atoms with Crippen molar-refractivity contribution in [2.75, 3.05) is 13.1 Å². The fourth-order valence-electron chi connectivity index (χ4n) is 4.01. The summed E-state index contributed by atoms with van der Waals surface area (Å²) < 4.78 is 0. The highest BCUT2D eigenvalue weighted by atomic mass is 16.4. The Bertz CT molecular complexity index is 576. The third kappa shape index (κ3) is 3.26. The maximum atomic E-state index is 12.6. The van der Waals surface area contributed by atoms with E-state index < -0.39 is 5.97 Å². The molecule has 0 radical (unpaired) electrons. The van der Waals surface area contributed by atoms with Gasteiger partial charge in [0.1, 0.15) is 0 Å². The van der Waals surface area contributed by atoms with Crippen LogP contribution in [0, 0.1) is 11.3 Å². The van der Waals surface area contributed by atoms with Crippen molar-refractivity contribution in [3.05, 3.63) is 35.9 Å². The maximum Gasteiger partial charge on any atom is 0.307 e. The van der Waals surface area contributed by atoms with E-state index in [0.717, 1.165) is 25.7 Å². The van der Waals surface area contributed by atoms with Crippen LogP contribution in [0.4, 0.5) is 0 Å². The van der Waals surface area contributed by atoms with Gasteiger partial charge in [0.05, 0.1) is 5.92 Å². The number of carboxylic acid groups (broad SMARTS) is 1. The minimum atomic E-state index is -0.667. The van der Waals surface area contributed by atoms with Gasteiger partial charge in [-0.25, -0.2) is 0 Å². The van der Waals surface area contributed by atoms with Crippen molar-refractivity contribution in [1.82, 2.24) is 4.90 Å². The average molecular weight is 315 g/mol. The molecule has 1 aromatic rings. The molecule has 1 aliphatic heterocycles. The van der Waals surface area contributed by atoms with Crippen LogP contribution in [0.3, 0.4) is 0 Å². The fraction of sp³-hybridized carbons (Fsp3) is 0.579. The molecule has 2 aliphatic rings. The molecule has 0 bridgehead atoms. The molecule has 1 heterocycles. The van der Waals surface area contributed by atoms with Gasteiger partial charge in [0.2, 0.25) is 5.91 Å². The van der Waals surface area contributed by atoms with Gasteiger partial charge in [-0.15, -0.1) is 0 Å². The van der Waals surface area contributed by atoms with Crippen LogP contribution in [0.2, 0.25) is 0 Å². The first kappa shape index (κ1) is 16.0. The molecule has 1 spiro atoms. The third-order valence-electron chi connectivity index (χ3n) is 5.78. The average Bonchev–Trinajstić information content (AvgIpc) is 3.28. The van der Waals surface area contributed by atoms with Crippen molar-refractivity contribution in [2.45, 2.75) is 44.9 Å². The number of piperidine rings is 1. The molecule has 4 nitrogen and oxygen atoms in total. The van der Waals surface area contributed by atoms with Gasteiger partial charge in [0.15, 0.2) is 0 Å². The Hall–Kier alpha value is -1.84. The van der Waals surface area contributed by atoms with E-state index >= 15 is 0 Å². The van der Waals surface area contributed by atoms with Crippen LogP contribution in [0.5, 0.6) is 0 Å². The summed E-state index contributed by atoms with van der Waals surface area (Å²) in [6.45, 7) is 3.56. The van der Waals surface area contributed by atoms with Crippen molar-refractivity contribution in [3.63, 3.8) is 0 Å². The van der Waals surface area contributed by atoms with E-state index in [1.54, 1.807) is 0 Å². The predicted molar refractivity (Wildman–Crippen MR) is 88.1 cm³/mol. The number of nitrogens with zero attached hydrogens (tertiary/aromatic N) is 1. The molecular weight excluding hydrogens is 290 g/mol. The highest BCUT2D eigenvalue weighted by molar-refractivity contribution is 5.78. The first-order valence-corrected chi connectivity index (χ1v) is 8.61. The Balaban J connectivity index is 1.55. The first-order chi connectivity index (χ1) is 11.1. The van der Waals surface area contributed by atoms with Gasteiger partial charge in [-0.3, -0.25) is 9.59 Å². The van der Waals surface area contributed by atoms with E-state index in [0.29, 0.717) is 19.5 Å². The monoisotopic (exact) mass is 315 g/mol. The van der Waals surface area contributed by atoms with Gasteiger partial charge in [0.25, 0.3) is 0 Å². The van der Waals surface area contributed by atoms with Crippen molar-refractivity contribution in [3.8, 4) is 0 Å². The Kier molecular flexibility index (Phi) is 4.42. The molecule has 2 atom stereocenters. The number of hydrogen-bond acceptors (Lipinski definition) is 2. The van der Waals surface area contributed by atoms with Crippen LogP contribution in [-0.4, -0.2) is 35.0 Å². The largest absolute Gasteiger partial charge is 0.481 e. The Morgan fingerprint density at radius 3 is 2.43 bits per heavy atom. The van der Waals surface area contributed by atoms with E-state index in [1.807, 2.05) is 23.1 Å². The summed E-state index contributed by atoms with van der Waals surface area (Å²) in [5.41, 5.74) is 1.22. The minimum absolute atomic E-state index is 0.00774. The number of carboxylic acids is 1. The molecule has 1 aromatic carbocycles. The first-order valence-electron chi connectivity index (χ1n) is 8.61. The molecule has 1 amide bonds. The zero-order chi connectivity index (χ0) is 16.4. The Morgan fingerprint density at radius 1 is 1.26 bits per heavy atom. The summed E-state index contributed by atoms with van der Waals surface area (Å²) >= 11 is 0. The summed E-state index contributed by atoms with van der Waals surface area (Å²) in [6.07, 6.45) is 3.99. The van der Waals surface area contributed by atoms with Gasteiger partial charge in [0, 0.05) is 19.5 Å². The maximum absolute atomic E-state index is 12.6. The lowest BCUT2D eigenvalue weighted by molar-refractivity contribution is -0.139. The van der Waals surface area contributed by atoms with Crippen molar-refractivity contribution >= 4 is 11.9 Å².